The summed E-state index contributed by atoms with van der Waals surface area (Å²) in [4.78, 5) is 13.1. The molecule has 0 amide bonds. The lowest BCUT2D eigenvalue weighted by molar-refractivity contribution is -0.138. The zero-order chi connectivity index (χ0) is 19.1. The Labute approximate surface area is 153 Å². The summed E-state index contributed by atoms with van der Waals surface area (Å²) in [5.41, 5.74) is 6.45. The molecule has 0 rings (SSSR count). The summed E-state index contributed by atoms with van der Waals surface area (Å²) in [6.45, 7) is 5.61. The third-order valence-corrected chi connectivity index (χ3v) is 2.73. The smallest absolute Gasteiger partial charge is 0.305 e. The number of hydrogen-bond donors (Lipinski definition) is 2. The highest BCUT2D eigenvalue weighted by atomic mass is 16.6. The van der Waals surface area contributed by atoms with Gasteiger partial charge >= 0.3 is 5.97 Å². The number of aliphatic carboxylic acids is 1. The zero-order valence-corrected chi connectivity index (χ0v) is 15.1. The highest BCUT2D eigenvalue weighted by Crippen LogP contribution is 1.86. The Balaban J connectivity index is 3.00. The molecule has 0 spiro atoms. The van der Waals surface area contributed by atoms with E-state index in [2.05, 4.69) is 10.0 Å². The van der Waals surface area contributed by atoms with Crippen molar-refractivity contribution in [1.29, 1.82) is 5.53 Å². The van der Waals surface area contributed by atoms with E-state index >= 15 is 0 Å². The van der Waals surface area contributed by atoms with E-state index in [-0.39, 0.29) is 13.0 Å². The van der Waals surface area contributed by atoms with Crippen LogP contribution in [0.5, 0.6) is 0 Å². The van der Waals surface area contributed by atoms with Crippen molar-refractivity contribution in [2.24, 2.45) is 5.11 Å². The molecular formula is C15H30N3O8+. The summed E-state index contributed by atoms with van der Waals surface area (Å²) >= 11 is 0. The first-order chi connectivity index (χ1) is 12.8. The number of carboxylic acid groups (broad SMARTS) is 1. The van der Waals surface area contributed by atoms with Crippen LogP contribution in [0.25, 0.3) is 0 Å². The van der Waals surface area contributed by atoms with Gasteiger partial charge in [0.1, 0.15) is 17.2 Å². The van der Waals surface area contributed by atoms with Gasteiger partial charge in [-0.25, -0.2) is 0 Å². The molecule has 11 heteroatoms. The molecule has 0 saturated carbocycles. The van der Waals surface area contributed by atoms with Crippen molar-refractivity contribution in [1.82, 2.24) is 4.91 Å². The van der Waals surface area contributed by atoms with Gasteiger partial charge in [-0.05, 0) is 0 Å². The van der Waals surface area contributed by atoms with Gasteiger partial charge in [-0.15, -0.1) is 0 Å². The van der Waals surface area contributed by atoms with E-state index in [4.69, 9.17) is 39.1 Å². The zero-order valence-electron chi connectivity index (χ0n) is 15.1. The molecule has 152 valence electrons. The molecule has 0 aromatic carbocycles. The predicted molar refractivity (Wildman–Crippen MR) is 89.3 cm³/mol. The van der Waals surface area contributed by atoms with Crippen molar-refractivity contribution in [2.75, 3.05) is 85.8 Å². The molecule has 0 aliphatic heterocycles. The normalized spacial score (nSPS) is 10.6. The monoisotopic (exact) mass is 380 g/mol. The topological polar surface area (TPSA) is 143 Å². The van der Waals surface area contributed by atoms with Crippen LogP contribution in [0.15, 0.2) is 5.11 Å². The van der Waals surface area contributed by atoms with E-state index < -0.39 is 5.97 Å². The maximum atomic E-state index is 10.2. The molecule has 0 aliphatic carbocycles. The number of rotatable bonds is 21. The molecule has 0 fully saturated rings. The van der Waals surface area contributed by atoms with Crippen LogP contribution in [-0.4, -0.2) is 96.9 Å². The fourth-order valence-electron chi connectivity index (χ4n) is 1.52. The van der Waals surface area contributed by atoms with Crippen molar-refractivity contribution in [2.45, 2.75) is 6.42 Å². The molecule has 0 bridgehead atoms. The maximum absolute atomic E-state index is 10.2. The van der Waals surface area contributed by atoms with E-state index in [0.29, 0.717) is 79.2 Å². The van der Waals surface area contributed by atoms with Gasteiger partial charge in [0.2, 0.25) is 4.91 Å². The van der Waals surface area contributed by atoms with E-state index in [1.807, 2.05) is 0 Å². The van der Waals surface area contributed by atoms with Crippen LogP contribution in [0, 0.1) is 5.53 Å². The third kappa shape index (κ3) is 22.5. The molecule has 0 saturated heterocycles. The molecule has 0 aromatic rings. The molecule has 0 atom stereocenters. The van der Waals surface area contributed by atoms with Crippen LogP contribution in [0.2, 0.25) is 0 Å². The van der Waals surface area contributed by atoms with Crippen LogP contribution in [-0.2, 0) is 33.2 Å². The van der Waals surface area contributed by atoms with Gasteiger partial charge in [0.05, 0.1) is 85.7 Å². The van der Waals surface area contributed by atoms with Gasteiger partial charge in [-0.2, -0.15) is 0 Å². The molecule has 0 radical (unpaired) electrons. The summed E-state index contributed by atoms with van der Waals surface area (Å²) in [5, 5.41) is 11.9. The molecule has 0 aromatic heterocycles. The summed E-state index contributed by atoms with van der Waals surface area (Å²) < 4.78 is 31.5. The second-order valence-electron chi connectivity index (χ2n) is 4.78. The first-order valence-electron chi connectivity index (χ1n) is 8.49. The minimum absolute atomic E-state index is 0.00269. The first kappa shape index (κ1) is 24.5. The average molecular weight is 380 g/mol. The lowest BCUT2D eigenvalue weighted by Gasteiger charge is -2.07. The molecule has 0 heterocycles. The lowest BCUT2D eigenvalue weighted by atomic mass is 10.5. The number of carboxylic acids is 1. The highest BCUT2D eigenvalue weighted by Gasteiger charge is 1.97. The number of hydrogen-bond acceptors (Lipinski definition) is 9. The van der Waals surface area contributed by atoms with E-state index in [0.717, 1.165) is 0 Å². The van der Waals surface area contributed by atoms with E-state index in [1.165, 1.54) is 0 Å². The van der Waals surface area contributed by atoms with E-state index in [1.54, 1.807) is 0 Å². The Bertz CT molecular complexity index is 347. The standard InChI is InChI=1S/C15H29N3O8/c16-18-17-2-4-22-6-8-24-10-12-26-14-13-25-11-9-23-7-5-21-3-1-15(19)20/h16H,1-14H2/p+1. The second kappa shape index (κ2) is 21.6. The van der Waals surface area contributed by atoms with Crippen LogP contribution in [0.4, 0.5) is 0 Å². The van der Waals surface area contributed by atoms with Crippen molar-refractivity contribution >= 4 is 5.97 Å². The van der Waals surface area contributed by atoms with Crippen molar-refractivity contribution in [3.8, 4) is 0 Å². The van der Waals surface area contributed by atoms with Crippen LogP contribution in [0.3, 0.4) is 0 Å². The van der Waals surface area contributed by atoms with Gasteiger partial charge in [0, 0.05) is 0 Å². The summed E-state index contributed by atoms with van der Waals surface area (Å²) in [5.74, 6) is -0.872. The SMILES string of the molecule is N=[N+]=NCCOCCOCCOCCOCCOCCOCCC(=O)O. The summed E-state index contributed by atoms with van der Waals surface area (Å²) in [7, 11) is 0. The second-order valence-corrected chi connectivity index (χ2v) is 4.78. The van der Waals surface area contributed by atoms with Crippen molar-refractivity contribution in [3.05, 3.63) is 0 Å². The molecule has 2 N–H and O–H groups in total. The Kier molecular flexibility index (Phi) is 20.4. The van der Waals surface area contributed by atoms with Crippen molar-refractivity contribution in [3.63, 3.8) is 0 Å². The van der Waals surface area contributed by atoms with Crippen molar-refractivity contribution < 1.29 is 38.3 Å². The first-order valence-corrected chi connectivity index (χ1v) is 8.49. The highest BCUT2D eigenvalue weighted by molar-refractivity contribution is 5.66. The molecule has 11 nitrogen and oxygen atoms in total. The number of carbonyl (C=O) groups is 1. The number of nitrogens with one attached hydrogen (secondary N) is 1. The Morgan fingerprint density at radius 2 is 1.04 bits per heavy atom. The molecule has 26 heavy (non-hydrogen) atoms. The van der Waals surface area contributed by atoms with Gasteiger partial charge in [-0.1, -0.05) is 0 Å². The van der Waals surface area contributed by atoms with Crippen LogP contribution in [0.1, 0.15) is 6.42 Å². The Hall–Kier alpha value is -1.46. The predicted octanol–water partition coefficient (Wildman–Crippen LogP) is 0.111. The lowest BCUT2D eigenvalue weighted by Crippen LogP contribution is -2.14. The average Bonchev–Trinajstić information content (AvgIpc) is 2.62. The minimum Gasteiger partial charge on any atom is -0.481 e. The van der Waals surface area contributed by atoms with Gasteiger partial charge in [0.25, 0.3) is 0 Å². The largest absolute Gasteiger partial charge is 0.481 e. The number of nitrogens with zero attached hydrogens (tertiary/aromatic N) is 2. The maximum Gasteiger partial charge on any atom is 0.305 e. The molecular weight excluding hydrogens is 350 g/mol. The van der Waals surface area contributed by atoms with Crippen LogP contribution < -0.4 is 4.91 Å². The van der Waals surface area contributed by atoms with Gasteiger partial charge < -0.3 is 33.5 Å². The van der Waals surface area contributed by atoms with Gasteiger partial charge in [0.15, 0.2) is 0 Å². The fourth-order valence-corrected chi connectivity index (χ4v) is 1.52. The van der Waals surface area contributed by atoms with Crippen LogP contribution >= 0.6 is 0 Å². The number of ether oxygens (including phenoxy) is 6. The van der Waals surface area contributed by atoms with Gasteiger partial charge in [-0.3, -0.25) is 4.79 Å². The Morgan fingerprint density at radius 1 is 0.692 bits per heavy atom. The van der Waals surface area contributed by atoms with E-state index in [9.17, 15) is 4.79 Å². The summed E-state index contributed by atoms with van der Waals surface area (Å²) in [6.07, 6.45) is 0.00269. The fraction of sp³-hybridized carbons (Fsp3) is 0.933. The third-order valence-electron chi connectivity index (χ3n) is 2.73. The minimum atomic E-state index is -0.872. The quantitative estimate of drug-likeness (QED) is 0.162. The Morgan fingerprint density at radius 3 is 1.38 bits per heavy atom. The summed E-state index contributed by atoms with van der Waals surface area (Å²) in [6, 6.07) is 0. The molecule has 0 aliphatic rings. The molecule has 0 unspecified atom stereocenters.